The largest absolute Gasteiger partial charge is 0.446 e. The summed E-state index contributed by atoms with van der Waals surface area (Å²) in [5.74, 6) is -0.198. The molecule has 2 heterocycles. The maximum atomic E-state index is 13.0. The van der Waals surface area contributed by atoms with Gasteiger partial charge >= 0.3 is 6.09 Å². The van der Waals surface area contributed by atoms with Crippen molar-refractivity contribution in [3.05, 3.63) is 88.9 Å². The molecule has 1 saturated heterocycles. The number of carbonyl (C=O) groups excluding carboxylic acids is 2. The molecular weight excluding hydrogens is 488 g/mol. The van der Waals surface area contributed by atoms with E-state index in [-0.39, 0.29) is 18.1 Å². The topological polar surface area (TPSA) is 73.9 Å². The van der Waals surface area contributed by atoms with Crippen LogP contribution in [0.3, 0.4) is 0 Å². The summed E-state index contributed by atoms with van der Waals surface area (Å²) in [7, 11) is 3.79. The van der Waals surface area contributed by atoms with Gasteiger partial charge in [-0.3, -0.25) is 9.69 Å². The number of nitrogens with zero attached hydrogens (tertiary/aromatic N) is 2. The van der Waals surface area contributed by atoms with Gasteiger partial charge in [-0.1, -0.05) is 48.0 Å². The van der Waals surface area contributed by atoms with Crippen LogP contribution in [-0.4, -0.2) is 50.2 Å². The number of hydrogen-bond acceptors (Lipinski definition) is 5. The first-order valence-corrected chi connectivity index (χ1v) is 12.7. The quantitative estimate of drug-likeness (QED) is 0.410. The highest BCUT2D eigenvalue weighted by Gasteiger charge is 2.29. The van der Waals surface area contributed by atoms with Gasteiger partial charge in [0.05, 0.1) is 17.0 Å². The molecule has 3 aromatic carbocycles. The molecule has 3 aromatic rings. The van der Waals surface area contributed by atoms with Crippen LogP contribution in [0.15, 0.2) is 72.8 Å². The van der Waals surface area contributed by atoms with E-state index in [2.05, 4.69) is 22.6 Å². The van der Waals surface area contributed by atoms with Crippen molar-refractivity contribution in [1.82, 2.24) is 4.90 Å². The number of fused-ring (bicyclic) bond motifs is 1. The molecule has 2 aliphatic heterocycles. The Bertz CT molecular complexity index is 1330. The molecule has 0 aromatic heterocycles. The van der Waals surface area contributed by atoms with Crippen molar-refractivity contribution < 1.29 is 14.3 Å². The summed E-state index contributed by atoms with van der Waals surface area (Å²) < 4.78 is 5.71. The number of likely N-dealkylation sites (tertiary alicyclic amines) is 1. The van der Waals surface area contributed by atoms with Crippen molar-refractivity contribution in [3.63, 3.8) is 0 Å². The minimum absolute atomic E-state index is 0.0533. The molecule has 0 spiro atoms. The second kappa shape index (κ2) is 10.7. The monoisotopic (exact) mass is 516 g/mol. The third kappa shape index (κ3) is 5.48. The first kappa shape index (κ1) is 24.9. The van der Waals surface area contributed by atoms with Gasteiger partial charge in [0.1, 0.15) is 6.10 Å². The normalized spacial score (nSPS) is 17.1. The third-order valence-electron chi connectivity index (χ3n) is 6.77. The molecule has 0 radical (unpaired) electrons. The van der Waals surface area contributed by atoms with E-state index in [1.165, 1.54) is 4.90 Å². The highest BCUT2D eigenvalue weighted by Crippen LogP contribution is 2.38. The molecule has 1 fully saturated rings. The highest BCUT2D eigenvalue weighted by atomic mass is 35.5. The van der Waals surface area contributed by atoms with Crippen molar-refractivity contribution in [2.75, 3.05) is 42.7 Å². The Morgan fingerprint density at radius 3 is 2.46 bits per heavy atom. The molecule has 0 atom stereocenters. The van der Waals surface area contributed by atoms with E-state index in [4.69, 9.17) is 16.3 Å². The Kier molecular flexibility index (Phi) is 7.17. The molecular formula is C29H29ClN4O3. The summed E-state index contributed by atoms with van der Waals surface area (Å²) in [5.41, 5.74) is 5.07. The maximum Gasteiger partial charge on any atom is 0.414 e. The summed E-state index contributed by atoms with van der Waals surface area (Å²) in [5, 5.41) is 6.91. The number of hydrogen-bond donors (Lipinski definition) is 2. The van der Waals surface area contributed by atoms with Gasteiger partial charge in [-0.25, -0.2) is 4.79 Å². The number of nitrogens with one attached hydrogen (secondary N) is 2. The molecule has 8 heteroatoms. The number of amides is 2. The Morgan fingerprint density at radius 1 is 1.05 bits per heavy atom. The van der Waals surface area contributed by atoms with E-state index < -0.39 is 0 Å². The van der Waals surface area contributed by atoms with Crippen LogP contribution in [0.25, 0.3) is 11.3 Å². The third-order valence-corrected chi connectivity index (χ3v) is 7.00. The number of halogens is 1. The summed E-state index contributed by atoms with van der Waals surface area (Å²) in [6.45, 7) is 1.85. The number of piperidine rings is 1. The van der Waals surface area contributed by atoms with E-state index in [1.54, 1.807) is 19.2 Å². The van der Waals surface area contributed by atoms with Gasteiger partial charge in [0.15, 0.2) is 0 Å². The van der Waals surface area contributed by atoms with E-state index in [0.29, 0.717) is 22.0 Å². The van der Waals surface area contributed by atoms with Crippen LogP contribution in [0.2, 0.25) is 5.02 Å². The number of carbonyl (C=O) groups is 2. The zero-order valence-corrected chi connectivity index (χ0v) is 21.6. The van der Waals surface area contributed by atoms with Crippen molar-refractivity contribution in [1.29, 1.82) is 0 Å². The minimum Gasteiger partial charge on any atom is -0.446 e. The molecule has 37 heavy (non-hydrogen) atoms. The van der Waals surface area contributed by atoms with Crippen molar-refractivity contribution in [2.24, 2.45) is 0 Å². The van der Waals surface area contributed by atoms with Gasteiger partial charge in [0, 0.05) is 42.1 Å². The van der Waals surface area contributed by atoms with Gasteiger partial charge in [0.25, 0.3) is 5.91 Å². The minimum atomic E-state index is -0.361. The van der Waals surface area contributed by atoms with Crippen LogP contribution < -0.4 is 15.5 Å². The van der Waals surface area contributed by atoms with Crippen molar-refractivity contribution >= 4 is 51.9 Å². The lowest BCUT2D eigenvalue weighted by Gasteiger charge is -2.30. The first-order chi connectivity index (χ1) is 17.9. The average molecular weight is 517 g/mol. The molecule has 0 saturated carbocycles. The zero-order chi connectivity index (χ0) is 25.9. The van der Waals surface area contributed by atoms with Gasteiger partial charge < -0.3 is 20.3 Å². The molecule has 2 amide bonds. The fraction of sp³-hybridized carbons (Fsp3) is 0.241. The fourth-order valence-electron chi connectivity index (χ4n) is 4.62. The number of anilines is 3. The molecule has 0 bridgehead atoms. The Hall–Kier alpha value is -3.81. The standard InChI is InChI=1S/C29H29ClN4O3/c1-33-16-14-23(15-17-33)37-29(36)34(2)22-11-9-21(10-12-22)31-27(19-6-4-3-5-7-19)26-24-13-8-20(30)18-25(24)32-28(26)35/h3-13,18,23,31H,14-17H2,1-2H3,(H,32,35). The van der Waals surface area contributed by atoms with E-state index in [9.17, 15) is 9.59 Å². The average Bonchev–Trinajstić information content (AvgIpc) is 3.23. The number of ether oxygens (including phenoxy) is 1. The van der Waals surface area contributed by atoms with Gasteiger partial charge in [-0.15, -0.1) is 0 Å². The van der Waals surface area contributed by atoms with Gasteiger partial charge in [0.2, 0.25) is 0 Å². The number of benzene rings is 3. The molecule has 2 aliphatic rings. The number of rotatable bonds is 5. The van der Waals surface area contributed by atoms with Crippen molar-refractivity contribution in [2.45, 2.75) is 18.9 Å². The Labute approximate surface area is 221 Å². The van der Waals surface area contributed by atoms with Crippen LogP contribution in [0.5, 0.6) is 0 Å². The SMILES string of the molecule is CN1CCC(OC(=O)N(C)c2ccc(NC(=C3C(=O)Nc4cc(Cl)ccc43)c3ccccc3)cc2)CC1. The first-order valence-electron chi connectivity index (χ1n) is 12.3. The molecule has 2 N–H and O–H groups in total. The molecule has 0 unspecified atom stereocenters. The lowest BCUT2D eigenvalue weighted by Crippen LogP contribution is -2.38. The second-order valence-corrected chi connectivity index (χ2v) is 9.81. The second-order valence-electron chi connectivity index (χ2n) is 9.38. The molecule has 5 rings (SSSR count). The van der Waals surface area contributed by atoms with E-state index >= 15 is 0 Å². The fourth-order valence-corrected chi connectivity index (χ4v) is 4.79. The zero-order valence-electron chi connectivity index (χ0n) is 20.8. The smallest absolute Gasteiger partial charge is 0.414 e. The highest BCUT2D eigenvalue weighted by molar-refractivity contribution is 6.38. The van der Waals surface area contributed by atoms with Crippen LogP contribution in [0.1, 0.15) is 24.0 Å². The van der Waals surface area contributed by atoms with Crippen LogP contribution >= 0.6 is 11.6 Å². The molecule has 0 aliphatic carbocycles. The van der Waals surface area contributed by atoms with Gasteiger partial charge in [-0.2, -0.15) is 0 Å². The van der Waals surface area contributed by atoms with E-state index in [1.807, 2.05) is 60.7 Å². The lowest BCUT2D eigenvalue weighted by molar-refractivity contribution is -0.110. The van der Waals surface area contributed by atoms with E-state index in [0.717, 1.165) is 48.4 Å². The summed E-state index contributed by atoms with van der Waals surface area (Å²) in [6.07, 6.45) is 1.28. The molecule has 7 nitrogen and oxygen atoms in total. The summed E-state index contributed by atoms with van der Waals surface area (Å²) >= 11 is 6.15. The Balaban J connectivity index is 1.38. The van der Waals surface area contributed by atoms with Gasteiger partial charge in [-0.05, 0) is 61.9 Å². The van der Waals surface area contributed by atoms with Crippen LogP contribution in [0, 0.1) is 0 Å². The predicted octanol–water partition coefficient (Wildman–Crippen LogP) is 5.94. The Morgan fingerprint density at radius 2 is 1.76 bits per heavy atom. The predicted molar refractivity (Wildman–Crippen MR) is 149 cm³/mol. The molecule has 190 valence electrons. The summed E-state index contributed by atoms with van der Waals surface area (Å²) in [6, 6.07) is 22.6. The van der Waals surface area contributed by atoms with Crippen LogP contribution in [0.4, 0.5) is 21.9 Å². The van der Waals surface area contributed by atoms with Crippen LogP contribution in [-0.2, 0) is 9.53 Å². The lowest BCUT2D eigenvalue weighted by atomic mass is 10.00. The van der Waals surface area contributed by atoms with Crippen molar-refractivity contribution in [3.8, 4) is 0 Å². The maximum absolute atomic E-state index is 13.0. The summed E-state index contributed by atoms with van der Waals surface area (Å²) in [4.78, 5) is 29.5.